The minimum Gasteiger partial charge on any atom is -0.458 e. The predicted molar refractivity (Wildman–Crippen MR) is 58.5 cm³/mol. The van der Waals surface area contributed by atoms with Crippen molar-refractivity contribution in [1.82, 2.24) is 15.0 Å². The summed E-state index contributed by atoms with van der Waals surface area (Å²) in [6.45, 7) is 0.397. The van der Waals surface area contributed by atoms with Crippen LogP contribution < -0.4 is 4.74 Å². The first-order chi connectivity index (χ1) is 7.24. The van der Waals surface area contributed by atoms with Crippen LogP contribution in [0.15, 0.2) is 17.5 Å². The van der Waals surface area contributed by atoms with Gasteiger partial charge in [0.1, 0.15) is 6.61 Å². The predicted octanol–water partition coefficient (Wildman–Crippen LogP) is 2.82. The van der Waals surface area contributed by atoms with Crippen molar-refractivity contribution in [2.24, 2.45) is 0 Å². The molecule has 0 bridgehead atoms. The van der Waals surface area contributed by atoms with Gasteiger partial charge >= 0.3 is 6.01 Å². The zero-order valence-corrected chi connectivity index (χ0v) is 9.68. The molecule has 0 aromatic carbocycles. The number of rotatable bonds is 3. The van der Waals surface area contributed by atoms with Gasteiger partial charge in [0, 0.05) is 4.88 Å². The third-order valence-electron chi connectivity index (χ3n) is 1.48. The van der Waals surface area contributed by atoms with Gasteiger partial charge in [0.05, 0.1) is 0 Å². The Hall–Kier alpha value is -0.910. The highest BCUT2D eigenvalue weighted by Crippen LogP contribution is 2.14. The van der Waals surface area contributed by atoms with Gasteiger partial charge in [-0.05, 0) is 34.6 Å². The largest absolute Gasteiger partial charge is 0.458 e. The third-order valence-corrected chi connectivity index (χ3v) is 2.67. The summed E-state index contributed by atoms with van der Waals surface area (Å²) in [6, 6.07) is 4.03. The van der Waals surface area contributed by atoms with Gasteiger partial charge in [-0.25, -0.2) is 0 Å². The maximum absolute atomic E-state index is 5.59. The van der Waals surface area contributed by atoms with Crippen LogP contribution >= 0.6 is 34.5 Å². The summed E-state index contributed by atoms with van der Waals surface area (Å²) in [4.78, 5) is 12.2. The fraction of sp³-hybridized carbons (Fsp3) is 0.125. The first kappa shape index (κ1) is 10.6. The second-order valence-corrected chi connectivity index (χ2v) is 4.23. The van der Waals surface area contributed by atoms with Gasteiger partial charge in [-0.3, -0.25) is 0 Å². The molecule has 0 spiro atoms. The van der Waals surface area contributed by atoms with E-state index in [0.717, 1.165) is 4.88 Å². The van der Waals surface area contributed by atoms with Crippen LogP contribution in [0.1, 0.15) is 4.88 Å². The van der Waals surface area contributed by atoms with Crippen molar-refractivity contribution in [1.29, 1.82) is 0 Å². The third kappa shape index (κ3) is 3.02. The van der Waals surface area contributed by atoms with E-state index in [9.17, 15) is 0 Å². The lowest BCUT2D eigenvalue weighted by atomic mass is 10.5. The number of hydrogen-bond donors (Lipinski definition) is 0. The highest BCUT2D eigenvalue weighted by Gasteiger charge is 2.04. The summed E-state index contributed by atoms with van der Waals surface area (Å²) in [5.74, 6) is 0. The molecule has 0 amide bonds. The van der Waals surface area contributed by atoms with Crippen molar-refractivity contribution < 1.29 is 4.74 Å². The van der Waals surface area contributed by atoms with Crippen molar-refractivity contribution in [2.75, 3.05) is 0 Å². The van der Waals surface area contributed by atoms with Gasteiger partial charge in [0.2, 0.25) is 10.6 Å². The molecule has 0 radical (unpaired) electrons. The molecular weight excluding hydrogens is 257 g/mol. The molecule has 2 aromatic rings. The molecule has 0 N–H and O–H groups in total. The topological polar surface area (TPSA) is 47.9 Å². The second kappa shape index (κ2) is 4.74. The lowest BCUT2D eigenvalue weighted by Gasteiger charge is -2.02. The van der Waals surface area contributed by atoms with E-state index in [-0.39, 0.29) is 16.6 Å². The zero-order chi connectivity index (χ0) is 10.7. The first-order valence-electron chi connectivity index (χ1n) is 3.96. The summed E-state index contributed by atoms with van der Waals surface area (Å²) < 4.78 is 5.29. The Balaban J connectivity index is 2.05. The van der Waals surface area contributed by atoms with Gasteiger partial charge in [-0.2, -0.15) is 15.0 Å². The smallest absolute Gasteiger partial charge is 0.322 e. The van der Waals surface area contributed by atoms with Crippen molar-refractivity contribution in [3.63, 3.8) is 0 Å². The molecule has 0 unspecified atom stereocenters. The van der Waals surface area contributed by atoms with Crippen LogP contribution in [0.25, 0.3) is 0 Å². The van der Waals surface area contributed by atoms with E-state index >= 15 is 0 Å². The SMILES string of the molecule is Clc1nc(Cl)nc(OCc2cccs2)n1. The molecule has 2 heterocycles. The highest BCUT2D eigenvalue weighted by molar-refractivity contribution is 7.09. The van der Waals surface area contributed by atoms with E-state index in [0.29, 0.717) is 6.61 Å². The van der Waals surface area contributed by atoms with E-state index < -0.39 is 0 Å². The van der Waals surface area contributed by atoms with Crippen LogP contribution in [0, 0.1) is 0 Å². The number of hydrogen-bond acceptors (Lipinski definition) is 5. The minimum atomic E-state index is 0.0242. The summed E-state index contributed by atoms with van der Waals surface area (Å²) in [6.07, 6.45) is 0. The Morgan fingerprint density at radius 2 is 1.93 bits per heavy atom. The molecule has 2 aromatic heterocycles. The molecule has 7 heteroatoms. The highest BCUT2D eigenvalue weighted by atomic mass is 35.5. The second-order valence-electron chi connectivity index (χ2n) is 2.52. The summed E-state index contributed by atoms with van der Waals surface area (Å²) >= 11 is 12.8. The normalized spacial score (nSPS) is 10.3. The molecule has 0 aliphatic carbocycles. The Kier molecular flexibility index (Phi) is 3.35. The van der Waals surface area contributed by atoms with E-state index in [1.54, 1.807) is 11.3 Å². The fourth-order valence-corrected chi connectivity index (χ4v) is 1.87. The molecule has 4 nitrogen and oxygen atoms in total. The van der Waals surface area contributed by atoms with E-state index in [2.05, 4.69) is 15.0 Å². The molecule has 0 aliphatic heterocycles. The fourth-order valence-electron chi connectivity index (χ4n) is 0.904. The number of thiophene rings is 1. The zero-order valence-electron chi connectivity index (χ0n) is 7.35. The van der Waals surface area contributed by atoms with Crippen molar-refractivity contribution in [3.8, 4) is 6.01 Å². The Labute approximate surface area is 99.9 Å². The molecule has 0 saturated carbocycles. The quantitative estimate of drug-likeness (QED) is 0.853. The van der Waals surface area contributed by atoms with Crippen LogP contribution in [0.3, 0.4) is 0 Å². The average molecular weight is 262 g/mol. The summed E-state index contributed by atoms with van der Waals surface area (Å²) in [5, 5.41) is 2.01. The average Bonchev–Trinajstić information content (AvgIpc) is 2.65. The van der Waals surface area contributed by atoms with Gasteiger partial charge in [-0.15, -0.1) is 11.3 Å². The maximum Gasteiger partial charge on any atom is 0.322 e. The Bertz CT molecular complexity index is 429. The van der Waals surface area contributed by atoms with Gasteiger partial charge in [0.15, 0.2) is 0 Å². The van der Waals surface area contributed by atoms with Gasteiger partial charge in [0.25, 0.3) is 0 Å². The van der Waals surface area contributed by atoms with Crippen molar-refractivity contribution in [3.05, 3.63) is 33.0 Å². The number of nitrogens with zero attached hydrogens (tertiary/aromatic N) is 3. The number of ether oxygens (including phenoxy) is 1. The van der Waals surface area contributed by atoms with Gasteiger partial charge in [-0.1, -0.05) is 6.07 Å². The van der Waals surface area contributed by atoms with Crippen LogP contribution in [0.4, 0.5) is 0 Å². The standard InChI is InChI=1S/C8H5Cl2N3OS/c9-6-11-7(10)13-8(12-6)14-4-5-2-1-3-15-5/h1-3H,4H2. The van der Waals surface area contributed by atoms with Crippen LogP contribution in [-0.2, 0) is 6.61 Å². The van der Waals surface area contributed by atoms with Crippen molar-refractivity contribution >= 4 is 34.5 Å². The molecule has 0 aliphatic rings. The molecule has 0 atom stereocenters. The Morgan fingerprint density at radius 3 is 2.53 bits per heavy atom. The van der Waals surface area contributed by atoms with E-state index in [1.807, 2.05) is 17.5 Å². The van der Waals surface area contributed by atoms with Crippen LogP contribution in [0.2, 0.25) is 10.6 Å². The molecule has 0 fully saturated rings. The van der Waals surface area contributed by atoms with E-state index in [1.165, 1.54) is 0 Å². The molecule has 0 saturated heterocycles. The maximum atomic E-state index is 5.59. The molecular formula is C8H5Cl2N3OS. The summed E-state index contributed by atoms with van der Waals surface area (Å²) in [7, 11) is 0. The Morgan fingerprint density at radius 1 is 1.20 bits per heavy atom. The lowest BCUT2D eigenvalue weighted by Crippen LogP contribution is -1.99. The first-order valence-corrected chi connectivity index (χ1v) is 5.60. The lowest BCUT2D eigenvalue weighted by molar-refractivity contribution is 0.283. The minimum absolute atomic E-state index is 0.0242. The summed E-state index contributed by atoms with van der Waals surface area (Å²) in [5.41, 5.74) is 0. The van der Waals surface area contributed by atoms with Crippen molar-refractivity contribution in [2.45, 2.75) is 6.61 Å². The van der Waals surface area contributed by atoms with Gasteiger partial charge < -0.3 is 4.74 Å². The van der Waals surface area contributed by atoms with Crippen LogP contribution in [0.5, 0.6) is 6.01 Å². The van der Waals surface area contributed by atoms with E-state index in [4.69, 9.17) is 27.9 Å². The monoisotopic (exact) mass is 261 g/mol. The number of aromatic nitrogens is 3. The molecule has 15 heavy (non-hydrogen) atoms. The molecule has 78 valence electrons. The number of halogens is 2. The molecule has 2 rings (SSSR count). The van der Waals surface area contributed by atoms with Crippen LogP contribution in [-0.4, -0.2) is 15.0 Å².